The highest BCUT2D eigenvalue weighted by Gasteiger charge is 2.17. The Morgan fingerprint density at radius 1 is 1.16 bits per heavy atom. The Bertz CT molecular complexity index is 801. The van der Waals surface area contributed by atoms with Crippen LogP contribution in [0.1, 0.15) is 17.3 Å². The number of anilines is 1. The number of amides is 1. The summed E-state index contributed by atoms with van der Waals surface area (Å²) >= 11 is 0. The van der Waals surface area contributed by atoms with E-state index in [2.05, 4.69) is 5.32 Å². The second-order valence-electron chi connectivity index (χ2n) is 5.06. The van der Waals surface area contributed by atoms with Crippen LogP contribution in [0.2, 0.25) is 0 Å². The molecule has 130 valence electrons. The normalized spacial score (nSPS) is 10.0. The van der Waals surface area contributed by atoms with Gasteiger partial charge in [-0.05, 0) is 43.3 Å². The minimum Gasteiger partial charge on any atom is -0.496 e. The lowest BCUT2D eigenvalue weighted by Crippen LogP contribution is -2.20. The fraction of sp³-hybridized carbons (Fsp3) is 0.176. The summed E-state index contributed by atoms with van der Waals surface area (Å²) in [5.41, 5.74) is 0.726. The molecule has 1 N–H and O–H groups in total. The van der Waals surface area contributed by atoms with E-state index in [4.69, 9.17) is 9.47 Å². The van der Waals surface area contributed by atoms with E-state index in [1.807, 2.05) is 0 Å². The van der Waals surface area contributed by atoms with Crippen molar-refractivity contribution in [2.24, 2.45) is 0 Å². The maximum atomic E-state index is 11.9. The first-order valence-electron chi connectivity index (χ1n) is 7.27. The third-order valence-electron chi connectivity index (χ3n) is 3.30. The molecule has 0 radical (unpaired) electrons. The standard InChI is InChI=1S/C17H16N2O6/c1-11(20)12-3-5-13(6-4-12)18-17(21)10-25-16-8-7-14(24-2)9-15(16)19(22)23/h3-9H,10H2,1-2H3,(H,18,21). The van der Waals surface area contributed by atoms with E-state index >= 15 is 0 Å². The smallest absolute Gasteiger partial charge is 0.314 e. The van der Waals surface area contributed by atoms with Gasteiger partial charge in [0, 0.05) is 11.3 Å². The molecular weight excluding hydrogens is 328 g/mol. The molecule has 25 heavy (non-hydrogen) atoms. The number of hydrogen-bond donors (Lipinski definition) is 1. The van der Waals surface area contributed by atoms with E-state index in [1.54, 1.807) is 24.3 Å². The Hall–Kier alpha value is -3.42. The molecule has 0 fully saturated rings. The molecule has 0 heterocycles. The van der Waals surface area contributed by atoms with Gasteiger partial charge in [-0.2, -0.15) is 0 Å². The highest BCUT2D eigenvalue weighted by atomic mass is 16.6. The van der Waals surface area contributed by atoms with E-state index in [9.17, 15) is 19.7 Å². The molecule has 2 aromatic carbocycles. The zero-order chi connectivity index (χ0) is 18.4. The number of carbonyl (C=O) groups is 2. The molecular formula is C17H16N2O6. The van der Waals surface area contributed by atoms with Crippen LogP contribution in [0, 0.1) is 10.1 Å². The van der Waals surface area contributed by atoms with E-state index in [0.29, 0.717) is 17.0 Å². The van der Waals surface area contributed by atoms with Gasteiger partial charge < -0.3 is 14.8 Å². The summed E-state index contributed by atoms with van der Waals surface area (Å²) in [5, 5.41) is 13.6. The van der Waals surface area contributed by atoms with Gasteiger partial charge in [0.2, 0.25) is 0 Å². The van der Waals surface area contributed by atoms with Gasteiger partial charge in [0.25, 0.3) is 5.91 Å². The monoisotopic (exact) mass is 344 g/mol. The number of ketones is 1. The summed E-state index contributed by atoms with van der Waals surface area (Å²) in [6.45, 7) is 1.05. The molecule has 8 nitrogen and oxygen atoms in total. The number of ether oxygens (including phenoxy) is 2. The van der Waals surface area contributed by atoms with Crippen molar-refractivity contribution in [2.45, 2.75) is 6.92 Å². The van der Waals surface area contributed by atoms with Crippen molar-refractivity contribution in [2.75, 3.05) is 19.0 Å². The predicted molar refractivity (Wildman–Crippen MR) is 90.2 cm³/mol. The summed E-state index contributed by atoms with van der Waals surface area (Å²) in [6.07, 6.45) is 0. The number of nitro benzene ring substituents is 1. The summed E-state index contributed by atoms with van der Waals surface area (Å²) in [5.74, 6) is -0.282. The Balaban J connectivity index is 2.00. The van der Waals surface area contributed by atoms with Crippen LogP contribution in [-0.4, -0.2) is 30.3 Å². The van der Waals surface area contributed by atoms with Crippen molar-refractivity contribution >= 4 is 23.1 Å². The first kappa shape index (κ1) is 17.9. The minimum absolute atomic E-state index is 0.0344. The van der Waals surface area contributed by atoms with Crippen LogP contribution in [0.15, 0.2) is 42.5 Å². The second-order valence-corrected chi connectivity index (χ2v) is 5.06. The second kappa shape index (κ2) is 7.91. The van der Waals surface area contributed by atoms with Crippen molar-refractivity contribution in [3.8, 4) is 11.5 Å². The van der Waals surface area contributed by atoms with Crippen LogP contribution in [0.4, 0.5) is 11.4 Å². The Morgan fingerprint density at radius 3 is 2.40 bits per heavy atom. The number of nitrogens with one attached hydrogen (secondary N) is 1. The van der Waals surface area contributed by atoms with E-state index < -0.39 is 17.4 Å². The number of methoxy groups -OCH3 is 1. The largest absolute Gasteiger partial charge is 0.496 e. The number of benzene rings is 2. The fourth-order valence-corrected chi connectivity index (χ4v) is 2.02. The summed E-state index contributed by atoms with van der Waals surface area (Å²) in [6, 6.07) is 10.4. The van der Waals surface area contributed by atoms with E-state index in [-0.39, 0.29) is 17.2 Å². The van der Waals surface area contributed by atoms with Gasteiger partial charge in [-0.25, -0.2) is 0 Å². The first-order chi connectivity index (χ1) is 11.9. The highest BCUT2D eigenvalue weighted by Crippen LogP contribution is 2.30. The van der Waals surface area contributed by atoms with Crippen molar-refractivity contribution in [3.05, 3.63) is 58.1 Å². The van der Waals surface area contributed by atoms with Crippen LogP contribution in [-0.2, 0) is 4.79 Å². The van der Waals surface area contributed by atoms with E-state index in [1.165, 1.54) is 32.2 Å². The van der Waals surface area contributed by atoms with Crippen molar-refractivity contribution in [3.63, 3.8) is 0 Å². The van der Waals surface area contributed by atoms with Gasteiger partial charge in [0.1, 0.15) is 5.75 Å². The maximum absolute atomic E-state index is 11.9. The average molecular weight is 344 g/mol. The lowest BCUT2D eigenvalue weighted by Gasteiger charge is -2.09. The van der Waals surface area contributed by atoms with Gasteiger partial charge in [0.05, 0.1) is 18.1 Å². The molecule has 0 saturated heterocycles. The van der Waals surface area contributed by atoms with Crippen LogP contribution >= 0.6 is 0 Å². The topological polar surface area (TPSA) is 108 Å². The number of nitrogens with zero attached hydrogens (tertiary/aromatic N) is 1. The van der Waals surface area contributed by atoms with Crippen LogP contribution in [0.5, 0.6) is 11.5 Å². The number of hydrogen-bond acceptors (Lipinski definition) is 6. The van der Waals surface area contributed by atoms with Crippen LogP contribution < -0.4 is 14.8 Å². The van der Waals surface area contributed by atoms with Gasteiger partial charge in [-0.3, -0.25) is 19.7 Å². The molecule has 0 aromatic heterocycles. The average Bonchev–Trinajstić information content (AvgIpc) is 2.60. The van der Waals surface area contributed by atoms with Gasteiger partial charge in [-0.15, -0.1) is 0 Å². The third kappa shape index (κ3) is 4.77. The van der Waals surface area contributed by atoms with E-state index in [0.717, 1.165) is 0 Å². The summed E-state index contributed by atoms with van der Waals surface area (Å²) in [4.78, 5) is 33.6. The molecule has 2 aromatic rings. The minimum atomic E-state index is -0.615. The molecule has 0 saturated carbocycles. The van der Waals surface area contributed by atoms with Gasteiger partial charge in [0.15, 0.2) is 18.1 Å². The number of Topliss-reactive ketones (excluding diaryl/α,β-unsaturated/α-hetero) is 1. The first-order valence-corrected chi connectivity index (χ1v) is 7.27. The highest BCUT2D eigenvalue weighted by molar-refractivity contribution is 5.96. The number of nitro groups is 1. The molecule has 0 aliphatic rings. The Kier molecular flexibility index (Phi) is 5.67. The fourth-order valence-electron chi connectivity index (χ4n) is 2.02. The zero-order valence-electron chi connectivity index (χ0n) is 13.6. The van der Waals surface area contributed by atoms with Crippen molar-refractivity contribution < 1.29 is 24.0 Å². The molecule has 0 unspecified atom stereocenters. The molecule has 0 spiro atoms. The molecule has 0 atom stereocenters. The Labute approximate surface area is 143 Å². The Morgan fingerprint density at radius 2 is 1.84 bits per heavy atom. The summed E-state index contributed by atoms with van der Waals surface area (Å²) in [7, 11) is 1.39. The molecule has 1 amide bonds. The molecule has 0 aliphatic carbocycles. The quantitative estimate of drug-likeness (QED) is 0.470. The molecule has 8 heteroatoms. The van der Waals surface area contributed by atoms with Crippen molar-refractivity contribution in [1.82, 2.24) is 0 Å². The van der Waals surface area contributed by atoms with Crippen molar-refractivity contribution in [1.29, 1.82) is 0 Å². The lowest BCUT2D eigenvalue weighted by molar-refractivity contribution is -0.385. The van der Waals surface area contributed by atoms with Crippen LogP contribution in [0.3, 0.4) is 0 Å². The number of carbonyl (C=O) groups excluding carboxylic acids is 2. The van der Waals surface area contributed by atoms with Gasteiger partial charge >= 0.3 is 5.69 Å². The summed E-state index contributed by atoms with van der Waals surface area (Å²) < 4.78 is 10.2. The van der Waals surface area contributed by atoms with Gasteiger partial charge in [-0.1, -0.05) is 0 Å². The predicted octanol–water partition coefficient (Wildman–Crippen LogP) is 2.82. The molecule has 0 aliphatic heterocycles. The zero-order valence-corrected chi connectivity index (χ0v) is 13.6. The number of rotatable bonds is 7. The molecule has 0 bridgehead atoms. The third-order valence-corrected chi connectivity index (χ3v) is 3.30. The lowest BCUT2D eigenvalue weighted by atomic mass is 10.1. The molecule has 2 rings (SSSR count). The maximum Gasteiger partial charge on any atom is 0.314 e. The SMILES string of the molecule is COc1ccc(OCC(=O)Nc2ccc(C(C)=O)cc2)c([N+](=O)[O-])c1. The van der Waals surface area contributed by atoms with Crippen LogP contribution in [0.25, 0.3) is 0 Å².